The molecule has 0 saturated carbocycles. The van der Waals surface area contributed by atoms with Crippen molar-refractivity contribution in [2.45, 2.75) is 45.6 Å². The maximum Gasteiger partial charge on any atom is 0.223 e. The zero-order chi connectivity index (χ0) is 22.0. The van der Waals surface area contributed by atoms with Crippen LogP contribution in [-0.4, -0.2) is 22.3 Å². The van der Waals surface area contributed by atoms with Crippen molar-refractivity contribution in [2.75, 3.05) is 6.54 Å². The fourth-order valence-electron chi connectivity index (χ4n) is 4.20. The Morgan fingerprint density at radius 3 is 2.71 bits per heavy atom. The minimum atomic E-state index is 0.136. The molecule has 1 amide bonds. The fraction of sp³-hybridized carbons (Fsp3) is 0.308. The van der Waals surface area contributed by atoms with Crippen LogP contribution in [0.3, 0.4) is 0 Å². The third kappa shape index (κ3) is 4.75. The number of carbonyl (C=O) groups excluding carboxylic acids is 1. The molecule has 1 aliphatic rings. The van der Waals surface area contributed by atoms with E-state index in [4.69, 9.17) is 16.3 Å². The van der Waals surface area contributed by atoms with E-state index in [1.54, 1.807) is 12.3 Å². The highest BCUT2D eigenvalue weighted by Gasteiger charge is 2.32. The lowest BCUT2D eigenvalue weighted by molar-refractivity contribution is -0.128. The van der Waals surface area contributed by atoms with Gasteiger partial charge in [0.25, 0.3) is 0 Å². The fourth-order valence-corrected chi connectivity index (χ4v) is 4.38. The summed E-state index contributed by atoms with van der Waals surface area (Å²) in [4.78, 5) is 18.8. The molecule has 4 rings (SSSR count). The van der Waals surface area contributed by atoms with E-state index in [1.807, 2.05) is 35.2 Å². The van der Waals surface area contributed by atoms with Crippen molar-refractivity contribution in [3.63, 3.8) is 0 Å². The maximum absolute atomic E-state index is 12.6. The van der Waals surface area contributed by atoms with E-state index in [-0.39, 0.29) is 11.8 Å². The molecule has 1 atom stereocenters. The van der Waals surface area contributed by atoms with Gasteiger partial charge in [-0.15, -0.1) is 0 Å². The topological polar surface area (TPSA) is 42.4 Å². The Bertz CT molecular complexity index is 1100. The van der Waals surface area contributed by atoms with Crippen LogP contribution in [0.1, 0.15) is 54.5 Å². The summed E-state index contributed by atoms with van der Waals surface area (Å²) >= 11 is 6.23. The monoisotopic (exact) mass is 434 g/mol. The SMILES string of the molecule is Cc1cc(Oc2ccccc2C(C)C)ccc1C1CC(=O)N(Cc2ncccc2Cl)C1. The second kappa shape index (κ2) is 9.11. The van der Waals surface area contributed by atoms with Gasteiger partial charge in [-0.2, -0.15) is 0 Å². The average Bonchev–Trinajstić information content (AvgIpc) is 3.10. The maximum atomic E-state index is 12.6. The van der Waals surface area contributed by atoms with Gasteiger partial charge in [0.2, 0.25) is 5.91 Å². The number of nitrogens with zero attached hydrogens (tertiary/aromatic N) is 2. The quantitative estimate of drug-likeness (QED) is 0.446. The van der Waals surface area contributed by atoms with Crippen molar-refractivity contribution in [2.24, 2.45) is 0 Å². The lowest BCUT2D eigenvalue weighted by Gasteiger charge is -2.18. The third-order valence-corrected chi connectivity index (χ3v) is 6.18. The number of halogens is 1. The molecular weight excluding hydrogens is 408 g/mol. The number of hydrogen-bond acceptors (Lipinski definition) is 3. The highest BCUT2D eigenvalue weighted by molar-refractivity contribution is 6.31. The normalized spacial score (nSPS) is 16.2. The van der Waals surface area contributed by atoms with E-state index in [1.165, 1.54) is 11.1 Å². The smallest absolute Gasteiger partial charge is 0.223 e. The van der Waals surface area contributed by atoms with Gasteiger partial charge in [-0.05, 0) is 59.9 Å². The lowest BCUT2D eigenvalue weighted by Crippen LogP contribution is -2.25. The van der Waals surface area contributed by atoms with E-state index in [0.29, 0.717) is 30.5 Å². The number of carbonyl (C=O) groups is 1. The summed E-state index contributed by atoms with van der Waals surface area (Å²) in [6, 6.07) is 17.9. The Morgan fingerprint density at radius 2 is 1.97 bits per heavy atom. The minimum absolute atomic E-state index is 0.136. The van der Waals surface area contributed by atoms with Gasteiger partial charge in [0.15, 0.2) is 0 Å². The van der Waals surface area contributed by atoms with Gasteiger partial charge in [0, 0.05) is 25.1 Å². The van der Waals surface area contributed by atoms with Gasteiger partial charge < -0.3 is 9.64 Å². The molecule has 4 nitrogen and oxygen atoms in total. The summed E-state index contributed by atoms with van der Waals surface area (Å²) in [5, 5.41) is 0.595. The molecule has 1 unspecified atom stereocenters. The molecule has 2 aromatic carbocycles. The van der Waals surface area contributed by atoms with Crippen LogP contribution in [0.25, 0.3) is 0 Å². The minimum Gasteiger partial charge on any atom is -0.457 e. The molecule has 3 aromatic rings. The van der Waals surface area contributed by atoms with E-state index < -0.39 is 0 Å². The molecule has 31 heavy (non-hydrogen) atoms. The van der Waals surface area contributed by atoms with Crippen LogP contribution in [0.4, 0.5) is 0 Å². The standard InChI is InChI=1S/C26H27ClN2O2/c1-17(2)21-7-4-5-9-25(21)31-20-10-11-22(18(3)13-20)19-14-26(30)29(15-19)16-24-23(27)8-6-12-28-24/h4-13,17,19H,14-16H2,1-3H3. The predicted molar refractivity (Wildman–Crippen MR) is 124 cm³/mol. The Hall–Kier alpha value is -2.85. The van der Waals surface area contributed by atoms with Crippen molar-refractivity contribution in [3.8, 4) is 11.5 Å². The summed E-state index contributed by atoms with van der Waals surface area (Å²) in [6.07, 6.45) is 2.21. The Labute approximate surface area is 188 Å². The number of likely N-dealkylation sites (tertiary alicyclic amines) is 1. The van der Waals surface area contributed by atoms with Crippen LogP contribution < -0.4 is 4.74 Å². The molecule has 160 valence electrons. The number of pyridine rings is 1. The molecule has 2 heterocycles. The molecule has 1 aliphatic heterocycles. The van der Waals surface area contributed by atoms with Crippen molar-refractivity contribution < 1.29 is 9.53 Å². The highest BCUT2D eigenvalue weighted by Crippen LogP contribution is 2.35. The van der Waals surface area contributed by atoms with Gasteiger partial charge in [0.1, 0.15) is 11.5 Å². The first-order valence-electron chi connectivity index (χ1n) is 10.7. The van der Waals surface area contributed by atoms with Crippen molar-refractivity contribution in [1.82, 2.24) is 9.88 Å². The number of hydrogen-bond donors (Lipinski definition) is 0. The number of aromatic nitrogens is 1. The van der Waals surface area contributed by atoms with Gasteiger partial charge in [0.05, 0.1) is 17.3 Å². The zero-order valence-electron chi connectivity index (χ0n) is 18.1. The Balaban J connectivity index is 1.49. The first kappa shape index (κ1) is 21.4. The molecular formula is C26H27ClN2O2. The molecule has 0 bridgehead atoms. The van der Waals surface area contributed by atoms with E-state index in [2.05, 4.69) is 44.0 Å². The summed E-state index contributed by atoms with van der Waals surface area (Å²) in [6.45, 7) is 7.53. The van der Waals surface area contributed by atoms with Crippen LogP contribution in [0.2, 0.25) is 5.02 Å². The Morgan fingerprint density at radius 1 is 1.16 bits per heavy atom. The summed E-state index contributed by atoms with van der Waals surface area (Å²) in [5.74, 6) is 2.39. The van der Waals surface area contributed by atoms with Crippen LogP contribution >= 0.6 is 11.6 Å². The molecule has 0 N–H and O–H groups in total. The average molecular weight is 435 g/mol. The molecule has 1 fully saturated rings. The van der Waals surface area contributed by atoms with E-state index in [9.17, 15) is 4.79 Å². The zero-order valence-corrected chi connectivity index (χ0v) is 18.9. The number of aryl methyl sites for hydroxylation is 1. The number of para-hydroxylation sites is 1. The number of ether oxygens (including phenoxy) is 1. The number of amides is 1. The van der Waals surface area contributed by atoms with Crippen molar-refractivity contribution in [1.29, 1.82) is 0 Å². The van der Waals surface area contributed by atoms with Gasteiger partial charge in [-0.25, -0.2) is 0 Å². The highest BCUT2D eigenvalue weighted by atomic mass is 35.5. The lowest BCUT2D eigenvalue weighted by atomic mass is 9.94. The molecule has 5 heteroatoms. The molecule has 1 saturated heterocycles. The predicted octanol–water partition coefficient (Wildman–Crippen LogP) is 6.48. The van der Waals surface area contributed by atoms with Crippen molar-refractivity contribution in [3.05, 3.63) is 88.2 Å². The first-order chi connectivity index (χ1) is 14.9. The number of benzene rings is 2. The summed E-state index contributed by atoms with van der Waals surface area (Å²) in [5.41, 5.74) is 4.25. The van der Waals surface area contributed by atoms with E-state index in [0.717, 1.165) is 22.8 Å². The second-order valence-corrected chi connectivity index (χ2v) is 8.83. The summed E-state index contributed by atoms with van der Waals surface area (Å²) < 4.78 is 6.20. The summed E-state index contributed by atoms with van der Waals surface area (Å²) in [7, 11) is 0. The molecule has 0 aliphatic carbocycles. The first-order valence-corrected chi connectivity index (χ1v) is 11.0. The van der Waals surface area contributed by atoms with Crippen molar-refractivity contribution >= 4 is 17.5 Å². The largest absolute Gasteiger partial charge is 0.457 e. The van der Waals surface area contributed by atoms with Crippen LogP contribution in [-0.2, 0) is 11.3 Å². The molecule has 0 radical (unpaired) electrons. The third-order valence-electron chi connectivity index (χ3n) is 5.84. The van der Waals surface area contributed by atoms with Crippen LogP contribution in [0.5, 0.6) is 11.5 Å². The van der Waals surface area contributed by atoms with Gasteiger partial charge >= 0.3 is 0 Å². The van der Waals surface area contributed by atoms with Gasteiger partial charge in [-0.3, -0.25) is 9.78 Å². The number of rotatable bonds is 6. The second-order valence-electron chi connectivity index (χ2n) is 8.42. The van der Waals surface area contributed by atoms with Crippen LogP contribution in [0.15, 0.2) is 60.8 Å². The van der Waals surface area contributed by atoms with Gasteiger partial charge in [-0.1, -0.05) is 49.7 Å². The molecule has 1 aromatic heterocycles. The van der Waals surface area contributed by atoms with Crippen LogP contribution in [0, 0.1) is 6.92 Å². The Kier molecular flexibility index (Phi) is 6.28. The molecule has 0 spiro atoms. The van der Waals surface area contributed by atoms with E-state index >= 15 is 0 Å².